The van der Waals surface area contributed by atoms with E-state index >= 15 is 0 Å². The summed E-state index contributed by atoms with van der Waals surface area (Å²) in [5.74, 6) is 0. The van der Waals surface area contributed by atoms with E-state index in [4.69, 9.17) is 0 Å². The highest BCUT2D eigenvalue weighted by molar-refractivity contribution is 7.18. The zero-order valence-corrected chi connectivity index (χ0v) is 12.7. The smallest absolute Gasteiger partial charge is 0.0907 e. The molecule has 0 radical (unpaired) electrons. The average Bonchev–Trinajstić information content (AvgIpc) is 3.02. The normalized spacial score (nSPS) is 13.6. The minimum Gasteiger partial charge on any atom is -0.317 e. The fraction of sp³-hybridized carbons (Fsp3) is 0.533. The van der Waals surface area contributed by atoms with E-state index in [1.807, 2.05) is 20.8 Å². The third-order valence-electron chi connectivity index (χ3n) is 2.61. The van der Waals surface area contributed by atoms with Crippen LogP contribution in [0.3, 0.4) is 0 Å². The standard InChI is InChI=1S/C9H9NS.C4H9N.C2H6/c1-6-3-4-8-9(5-6)11-7(2)10-8;1-2-4-5-3-1;1-2/h3-5H,1-2H3;5H,1-4H2;1-2H3. The summed E-state index contributed by atoms with van der Waals surface area (Å²) in [6, 6.07) is 6.36. The summed E-state index contributed by atoms with van der Waals surface area (Å²) in [5.41, 5.74) is 2.43. The molecule has 1 N–H and O–H groups in total. The Balaban J connectivity index is 0.000000195. The first-order valence-corrected chi connectivity index (χ1v) is 7.62. The predicted molar refractivity (Wildman–Crippen MR) is 82.5 cm³/mol. The minimum absolute atomic E-state index is 1.12. The van der Waals surface area contributed by atoms with Crippen molar-refractivity contribution in [2.45, 2.75) is 40.5 Å². The molecule has 0 saturated carbocycles. The van der Waals surface area contributed by atoms with Gasteiger partial charge >= 0.3 is 0 Å². The molecule has 2 heterocycles. The molecule has 2 nitrogen and oxygen atoms in total. The van der Waals surface area contributed by atoms with E-state index in [0.717, 1.165) is 10.5 Å². The Hall–Kier alpha value is -0.930. The van der Waals surface area contributed by atoms with E-state index < -0.39 is 0 Å². The molecule has 18 heavy (non-hydrogen) atoms. The summed E-state index contributed by atoms with van der Waals surface area (Å²) in [7, 11) is 0. The molecule has 1 saturated heterocycles. The molecule has 0 amide bonds. The Bertz CT molecular complexity index is 451. The highest BCUT2D eigenvalue weighted by Gasteiger charge is 1.98. The van der Waals surface area contributed by atoms with Crippen molar-refractivity contribution in [3.8, 4) is 0 Å². The lowest BCUT2D eigenvalue weighted by Gasteiger charge is -1.88. The number of aryl methyl sites for hydroxylation is 2. The topological polar surface area (TPSA) is 24.9 Å². The average molecular weight is 264 g/mol. The van der Waals surface area contributed by atoms with Gasteiger partial charge in [-0.25, -0.2) is 4.98 Å². The predicted octanol–water partition coefficient (Wildman–Crippen LogP) is 4.31. The van der Waals surface area contributed by atoms with E-state index in [-0.39, 0.29) is 0 Å². The van der Waals surface area contributed by atoms with Crippen LogP contribution in [0.15, 0.2) is 18.2 Å². The highest BCUT2D eigenvalue weighted by atomic mass is 32.1. The molecular weight excluding hydrogens is 240 g/mol. The second-order valence-corrected chi connectivity index (χ2v) is 5.40. The molecule has 0 unspecified atom stereocenters. The third kappa shape index (κ3) is 4.75. The zero-order chi connectivity index (χ0) is 13.4. The second-order valence-electron chi connectivity index (χ2n) is 4.16. The van der Waals surface area contributed by atoms with Crippen LogP contribution in [0.4, 0.5) is 0 Å². The second kappa shape index (κ2) is 8.22. The van der Waals surface area contributed by atoms with Gasteiger partial charge in [-0.1, -0.05) is 19.9 Å². The highest BCUT2D eigenvalue weighted by Crippen LogP contribution is 2.21. The summed E-state index contributed by atoms with van der Waals surface area (Å²) in [6.45, 7) is 10.6. The van der Waals surface area contributed by atoms with Crippen LogP contribution in [0.2, 0.25) is 0 Å². The quantitative estimate of drug-likeness (QED) is 0.767. The number of hydrogen-bond donors (Lipinski definition) is 1. The van der Waals surface area contributed by atoms with E-state index in [1.54, 1.807) is 11.3 Å². The van der Waals surface area contributed by atoms with Crippen molar-refractivity contribution in [3.05, 3.63) is 28.8 Å². The first-order chi connectivity index (χ1) is 8.75. The molecule has 100 valence electrons. The molecule has 0 spiro atoms. The first kappa shape index (κ1) is 15.1. The van der Waals surface area contributed by atoms with Crippen molar-refractivity contribution >= 4 is 21.6 Å². The number of nitrogens with zero attached hydrogens (tertiary/aromatic N) is 1. The lowest BCUT2D eigenvalue weighted by Crippen LogP contribution is -2.03. The molecule has 2 aromatic rings. The van der Waals surface area contributed by atoms with Crippen molar-refractivity contribution in [2.75, 3.05) is 13.1 Å². The number of nitrogens with one attached hydrogen (secondary N) is 1. The van der Waals surface area contributed by atoms with Crippen LogP contribution in [-0.2, 0) is 0 Å². The van der Waals surface area contributed by atoms with Gasteiger partial charge in [-0.05, 0) is 57.5 Å². The zero-order valence-electron chi connectivity index (χ0n) is 11.9. The Morgan fingerprint density at radius 2 is 1.78 bits per heavy atom. The van der Waals surface area contributed by atoms with Gasteiger partial charge in [0.1, 0.15) is 0 Å². The van der Waals surface area contributed by atoms with Gasteiger partial charge in [0.05, 0.1) is 15.2 Å². The van der Waals surface area contributed by atoms with Gasteiger partial charge in [0, 0.05) is 0 Å². The maximum atomic E-state index is 4.37. The Kier molecular flexibility index (Phi) is 6.91. The van der Waals surface area contributed by atoms with Gasteiger partial charge in [0.15, 0.2) is 0 Å². The summed E-state index contributed by atoms with van der Waals surface area (Å²) >= 11 is 1.76. The van der Waals surface area contributed by atoms with Gasteiger partial charge in [-0.2, -0.15) is 0 Å². The molecule has 1 aromatic carbocycles. The van der Waals surface area contributed by atoms with Crippen molar-refractivity contribution in [1.82, 2.24) is 10.3 Å². The van der Waals surface area contributed by atoms with Crippen LogP contribution >= 0.6 is 11.3 Å². The van der Waals surface area contributed by atoms with E-state index in [2.05, 4.69) is 35.4 Å². The monoisotopic (exact) mass is 264 g/mol. The van der Waals surface area contributed by atoms with Crippen LogP contribution in [0, 0.1) is 13.8 Å². The van der Waals surface area contributed by atoms with Crippen molar-refractivity contribution in [1.29, 1.82) is 0 Å². The van der Waals surface area contributed by atoms with Crippen molar-refractivity contribution < 1.29 is 0 Å². The molecule has 0 aliphatic carbocycles. The number of rotatable bonds is 0. The van der Waals surface area contributed by atoms with Gasteiger partial charge in [0.25, 0.3) is 0 Å². The SMILES string of the molecule is C1CCNC1.CC.Cc1ccc2nc(C)sc2c1. The van der Waals surface area contributed by atoms with E-state index in [0.29, 0.717) is 0 Å². The summed E-state index contributed by atoms with van der Waals surface area (Å²) in [4.78, 5) is 4.37. The number of benzene rings is 1. The van der Waals surface area contributed by atoms with E-state index in [9.17, 15) is 0 Å². The van der Waals surface area contributed by atoms with Gasteiger partial charge in [0.2, 0.25) is 0 Å². The molecular formula is C15H24N2S. The minimum atomic E-state index is 1.12. The fourth-order valence-corrected chi connectivity index (χ4v) is 2.70. The molecule has 1 aliphatic rings. The lowest BCUT2D eigenvalue weighted by molar-refractivity contribution is 0.857. The van der Waals surface area contributed by atoms with Gasteiger partial charge in [-0.15, -0.1) is 11.3 Å². The Labute approximate surface area is 114 Å². The summed E-state index contributed by atoms with van der Waals surface area (Å²) in [6.07, 6.45) is 2.78. The molecule has 1 aliphatic heterocycles. The number of thiazole rings is 1. The summed E-state index contributed by atoms with van der Waals surface area (Å²) in [5, 5.41) is 4.37. The first-order valence-electron chi connectivity index (χ1n) is 6.80. The Morgan fingerprint density at radius 3 is 2.33 bits per heavy atom. The number of hydrogen-bond acceptors (Lipinski definition) is 3. The Morgan fingerprint density at radius 1 is 1.11 bits per heavy atom. The van der Waals surface area contributed by atoms with Gasteiger partial charge in [-0.3, -0.25) is 0 Å². The lowest BCUT2D eigenvalue weighted by atomic mass is 10.2. The molecule has 0 atom stereocenters. The third-order valence-corrected chi connectivity index (χ3v) is 3.54. The largest absolute Gasteiger partial charge is 0.317 e. The van der Waals surface area contributed by atoms with Crippen molar-refractivity contribution in [2.24, 2.45) is 0 Å². The number of fused-ring (bicyclic) bond motifs is 1. The maximum absolute atomic E-state index is 4.37. The summed E-state index contributed by atoms with van der Waals surface area (Å²) < 4.78 is 1.29. The van der Waals surface area contributed by atoms with Crippen LogP contribution in [-0.4, -0.2) is 18.1 Å². The van der Waals surface area contributed by atoms with Crippen LogP contribution in [0.1, 0.15) is 37.3 Å². The van der Waals surface area contributed by atoms with Gasteiger partial charge < -0.3 is 5.32 Å². The molecule has 0 bridgehead atoms. The molecule has 1 aromatic heterocycles. The number of aromatic nitrogens is 1. The van der Waals surface area contributed by atoms with Crippen molar-refractivity contribution in [3.63, 3.8) is 0 Å². The van der Waals surface area contributed by atoms with Crippen LogP contribution < -0.4 is 5.32 Å². The van der Waals surface area contributed by atoms with Crippen LogP contribution in [0.5, 0.6) is 0 Å². The maximum Gasteiger partial charge on any atom is 0.0907 e. The van der Waals surface area contributed by atoms with Crippen LogP contribution in [0.25, 0.3) is 10.2 Å². The molecule has 1 fully saturated rings. The molecule has 3 rings (SSSR count). The van der Waals surface area contributed by atoms with E-state index in [1.165, 1.54) is 36.2 Å². The fourth-order valence-electron chi connectivity index (χ4n) is 1.77. The molecule has 3 heteroatoms.